The summed E-state index contributed by atoms with van der Waals surface area (Å²) >= 11 is 1.73. The van der Waals surface area contributed by atoms with Crippen LogP contribution in [-0.2, 0) is 21.4 Å². The minimum Gasteiger partial charge on any atom is -0.379 e. The van der Waals surface area contributed by atoms with Gasteiger partial charge < -0.3 is 15.0 Å². The number of nitrogens with one attached hydrogen (secondary N) is 1. The minimum atomic E-state index is -0.329. The molecule has 2 aromatic rings. The summed E-state index contributed by atoms with van der Waals surface area (Å²) in [5.74, 6) is 0.214. The van der Waals surface area contributed by atoms with Gasteiger partial charge in [-0.25, -0.2) is 0 Å². The van der Waals surface area contributed by atoms with E-state index in [0.717, 1.165) is 65.0 Å². The Labute approximate surface area is 189 Å². The SMILES string of the molecule is CN1CCc2cc([C@@H](CNC(=O)C3(c4cccs4)CCCC3)N3CCOCC3)ccc21. The lowest BCUT2D eigenvalue weighted by atomic mass is 9.83. The van der Waals surface area contributed by atoms with E-state index in [1.807, 2.05) is 0 Å². The minimum absolute atomic E-state index is 0.186. The standard InChI is InChI=1S/C25H33N3O2S/c1-27-11-8-20-17-19(6-7-21(20)27)22(28-12-14-30-15-13-28)18-26-24(29)25(9-2-3-10-25)23-5-4-16-31-23/h4-7,16-17,22H,2-3,8-15,18H2,1H3,(H,26,29)/t22-/m1/s1. The molecule has 3 heterocycles. The largest absolute Gasteiger partial charge is 0.379 e. The number of morpholine rings is 1. The number of carbonyl (C=O) groups is 1. The predicted octanol–water partition coefficient (Wildman–Crippen LogP) is 3.74. The zero-order valence-electron chi connectivity index (χ0n) is 18.4. The Hall–Kier alpha value is -1.89. The highest BCUT2D eigenvalue weighted by atomic mass is 32.1. The van der Waals surface area contributed by atoms with Crippen molar-refractivity contribution in [3.8, 4) is 0 Å². The molecule has 1 amide bonds. The first-order chi connectivity index (χ1) is 15.2. The molecule has 6 heteroatoms. The van der Waals surface area contributed by atoms with E-state index in [-0.39, 0.29) is 17.4 Å². The smallest absolute Gasteiger partial charge is 0.231 e. The van der Waals surface area contributed by atoms with Crippen LogP contribution in [0.1, 0.15) is 47.7 Å². The van der Waals surface area contributed by atoms with Crippen molar-refractivity contribution in [2.75, 3.05) is 51.3 Å². The number of hydrogen-bond acceptors (Lipinski definition) is 5. The second kappa shape index (κ2) is 8.93. The quantitative estimate of drug-likeness (QED) is 0.745. The van der Waals surface area contributed by atoms with Crippen LogP contribution in [0.25, 0.3) is 0 Å². The molecule has 1 saturated carbocycles. The summed E-state index contributed by atoms with van der Waals surface area (Å²) < 4.78 is 5.61. The maximum Gasteiger partial charge on any atom is 0.231 e. The molecule has 166 valence electrons. The number of amides is 1. The van der Waals surface area contributed by atoms with Crippen LogP contribution in [0.3, 0.4) is 0 Å². The highest BCUT2D eigenvalue weighted by molar-refractivity contribution is 7.10. The summed E-state index contributed by atoms with van der Waals surface area (Å²) in [5.41, 5.74) is 3.75. The molecule has 1 aliphatic carbocycles. The van der Waals surface area contributed by atoms with Gasteiger partial charge in [-0.15, -0.1) is 11.3 Å². The monoisotopic (exact) mass is 439 g/mol. The lowest BCUT2D eigenvalue weighted by Crippen LogP contribution is -2.48. The van der Waals surface area contributed by atoms with Crippen LogP contribution in [0, 0.1) is 0 Å². The van der Waals surface area contributed by atoms with E-state index in [4.69, 9.17) is 4.74 Å². The van der Waals surface area contributed by atoms with Crippen LogP contribution in [0.5, 0.6) is 0 Å². The summed E-state index contributed by atoms with van der Waals surface area (Å²) in [5, 5.41) is 5.50. The summed E-state index contributed by atoms with van der Waals surface area (Å²) in [6.45, 7) is 5.08. The summed E-state index contributed by atoms with van der Waals surface area (Å²) in [6, 6.07) is 11.3. The van der Waals surface area contributed by atoms with E-state index in [1.165, 1.54) is 21.7 Å². The number of hydrogen-bond donors (Lipinski definition) is 1. The van der Waals surface area contributed by atoms with Gasteiger partial charge >= 0.3 is 0 Å². The molecule has 31 heavy (non-hydrogen) atoms. The molecule has 1 aromatic heterocycles. The van der Waals surface area contributed by atoms with E-state index in [9.17, 15) is 4.79 Å². The van der Waals surface area contributed by atoms with Crippen LogP contribution in [0.4, 0.5) is 5.69 Å². The Morgan fingerprint density at radius 1 is 1.19 bits per heavy atom. The van der Waals surface area contributed by atoms with Crippen molar-refractivity contribution in [1.29, 1.82) is 0 Å². The first-order valence-electron chi connectivity index (χ1n) is 11.7. The fourth-order valence-electron chi connectivity index (χ4n) is 5.61. The predicted molar refractivity (Wildman–Crippen MR) is 126 cm³/mol. The van der Waals surface area contributed by atoms with Crippen molar-refractivity contribution in [1.82, 2.24) is 10.2 Å². The van der Waals surface area contributed by atoms with Crippen LogP contribution in [-0.4, -0.2) is 57.2 Å². The van der Waals surface area contributed by atoms with Gasteiger partial charge in [0.05, 0.1) is 24.7 Å². The molecule has 0 spiro atoms. The Morgan fingerprint density at radius 2 is 2.00 bits per heavy atom. The van der Waals surface area contributed by atoms with Gasteiger partial charge in [0, 0.05) is 43.8 Å². The topological polar surface area (TPSA) is 44.8 Å². The summed E-state index contributed by atoms with van der Waals surface area (Å²) in [7, 11) is 2.16. The van der Waals surface area contributed by atoms with Gasteiger partial charge in [-0.3, -0.25) is 9.69 Å². The van der Waals surface area contributed by atoms with E-state index in [1.54, 1.807) is 11.3 Å². The van der Waals surface area contributed by atoms with E-state index < -0.39 is 0 Å². The summed E-state index contributed by atoms with van der Waals surface area (Å²) in [4.78, 5) is 19.6. The van der Waals surface area contributed by atoms with Crippen molar-refractivity contribution >= 4 is 22.9 Å². The number of ether oxygens (including phenoxy) is 1. The van der Waals surface area contributed by atoms with E-state index >= 15 is 0 Å². The van der Waals surface area contributed by atoms with Gasteiger partial charge in [-0.05, 0) is 47.9 Å². The lowest BCUT2D eigenvalue weighted by molar-refractivity contribution is -0.126. The molecule has 0 bridgehead atoms. The van der Waals surface area contributed by atoms with Crippen molar-refractivity contribution in [2.45, 2.75) is 43.6 Å². The number of anilines is 1. The molecule has 5 rings (SSSR count). The number of fused-ring (bicyclic) bond motifs is 1. The van der Waals surface area contributed by atoms with Crippen LogP contribution in [0.2, 0.25) is 0 Å². The van der Waals surface area contributed by atoms with Crippen LogP contribution in [0.15, 0.2) is 35.7 Å². The van der Waals surface area contributed by atoms with Crippen LogP contribution >= 0.6 is 11.3 Å². The van der Waals surface area contributed by atoms with Gasteiger partial charge in [-0.2, -0.15) is 0 Å². The maximum atomic E-state index is 13.6. The number of benzene rings is 1. The van der Waals surface area contributed by atoms with E-state index in [0.29, 0.717) is 6.54 Å². The third-order valence-electron chi connectivity index (χ3n) is 7.44. The molecular formula is C25H33N3O2S. The molecule has 2 fully saturated rings. The normalized spacial score (nSPS) is 21.8. The molecule has 1 aromatic carbocycles. The molecule has 2 aliphatic heterocycles. The third kappa shape index (κ3) is 4.01. The number of carbonyl (C=O) groups excluding carboxylic acids is 1. The molecule has 3 aliphatic rings. The second-order valence-corrected chi connectivity index (χ2v) is 10.1. The molecule has 0 radical (unpaired) electrons. The second-order valence-electron chi connectivity index (χ2n) is 9.20. The lowest BCUT2D eigenvalue weighted by Gasteiger charge is -2.36. The molecule has 1 saturated heterocycles. The Morgan fingerprint density at radius 3 is 2.74 bits per heavy atom. The fraction of sp³-hybridized carbons (Fsp3) is 0.560. The molecule has 0 unspecified atom stereocenters. The van der Waals surface area contributed by atoms with Gasteiger partial charge in [0.1, 0.15) is 0 Å². The van der Waals surface area contributed by atoms with Gasteiger partial charge in [0.2, 0.25) is 5.91 Å². The number of nitrogens with zero attached hydrogens (tertiary/aromatic N) is 2. The number of likely N-dealkylation sites (N-methyl/N-ethyl adjacent to an activating group) is 1. The molecular weight excluding hydrogens is 406 g/mol. The van der Waals surface area contributed by atoms with Crippen molar-refractivity contribution in [2.24, 2.45) is 0 Å². The molecule has 1 N–H and O–H groups in total. The third-order valence-corrected chi connectivity index (χ3v) is 8.52. The zero-order valence-corrected chi connectivity index (χ0v) is 19.3. The molecule has 5 nitrogen and oxygen atoms in total. The Balaban J connectivity index is 1.37. The highest BCUT2D eigenvalue weighted by Gasteiger charge is 2.43. The van der Waals surface area contributed by atoms with Crippen molar-refractivity contribution < 1.29 is 9.53 Å². The average Bonchev–Trinajstić information content (AvgIpc) is 3.56. The van der Waals surface area contributed by atoms with Crippen molar-refractivity contribution in [3.05, 3.63) is 51.7 Å². The Kier molecular flexibility index (Phi) is 6.04. The fourth-order valence-corrected chi connectivity index (χ4v) is 6.60. The van der Waals surface area contributed by atoms with Gasteiger partial charge in [-0.1, -0.05) is 31.0 Å². The first-order valence-corrected chi connectivity index (χ1v) is 12.5. The highest BCUT2D eigenvalue weighted by Crippen LogP contribution is 2.43. The number of rotatable bonds is 6. The Bertz CT molecular complexity index is 901. The van der Waals surface area contributed by atoms with Crippen molar-refractivity contribution in [3.63, 3.8) is 0 Å². The first kappa shape index (κ1) is 21.0. The summed E-state index contributed by atoms with van der Waals surface area (Å²) in [6.07, 6.45) is 5.30. The maximum absolute atomic E-state index is 13.6. The number of thiophene rings is 1. The van der Waals surface area contributed by atoms with Gasteiger partial charge in [0.15, 0.2) is 0 Å². The van der Waals surface area contributed by atoms with Gasteiger partial charge in [0.25, 0.3) is 0 Å². The molecule has 1 atom stereocenters. The van der Waals surface area contributed by atoms with Crippen LogP contribution < -0.4 is 10.2 Å². The van der Waals surface area contributed by atoms with E-state index in [2.05, 4.69) is 57.9 Å². The average molecular weight is 440 g/mol. The zero-order chi connectivity index (χ0) is 21.3.